The maximum atomic E-state index is 13.2. The number of fused-ring (bicyclic) bond motifs is 2. The molecule has 0 radical (unpaired) electrons. The monoisotopic (exact) mass is 397 g/mol. The fourth-order valence-electron chi connectivity index (χ4n) is 4.89. The number of ketones is 1. The number of nitrogens with zero attached hydrogens (tertiary/aromatic N) is 1. The molecule has 2 aromatic rings. The molecule has 0 spiro atoms. The molecule has 3 nitrogen and oxygen atoms in total. The van der Waals surface area contributed by atoms with Gasteiger partial charge in [0, 0.05) is 23.2 Å². The van der Waals surface area contributed by atoms with Crippen LogP contribution in [0, 0.1) is 17.3 Å². The number of rotatable bonds is 3. The van der Waals surface area contributed by atoms with Crippen LogP contribution in [-0.4, -0.2) is 29.7 Å². The highest BCUT2D eigenvalue weighted by atomic mass is 32.1. The van der Waals surface area contributed by atoms with E-state index in [1.54, 1.807) is 11.3 Å². The summed E-state index contributed by atoms with van der Waals surface area (Å²) in [5.74, 6) is 1.83. The van der Waals surface area contributed by atoms with Crippen LogP contribution in [-0.2, 0) is 11.2 Å². The van der Waals surface area contributed by atoms with Crippen molar-refractivity contribution in [1.29, 1.82) is 0 Å². The van der Waals surface area contributed by atoms with Gasteiger partial charge >= 0.3 is 0 Å². The van der Waals surface area contributed by atoms with Gasteiger partial charge in [0.2, 0.25) is 5.91 Å². The molecule has 150 valence electrons. The second kappa shape index (κ2) is 7.62. The maximum absolute atomic E-state index is 13.2. The summed E-state index contributed by atoms with van der Waals surface area (Å²) in [6.07, 6.45) is 6.76. The Kier molecular flexibility index (Phi) is 5.34. The Bertz CT molecular complexity index is 892. The first-order valence-electron chi connectivity index (χ1n) is 10.7. The number of hydrogen-bond acceptors (Lipinski definition) is 3. The number of piperidine rings is 1. The second-order valence-corrected chi connectivity index (χ2v) is 10.6. The first-order chi connectivity index (χ1) is 13.3. The average Bonchev–Trinajstić information content (AvgIpc) is 3.04. The Morgan fingerprint density at radius 3 is 2.54 bits per heavy atom. The second-order valence-electron chi connectivity index (χ2n) is 9.59. The molecule has 2 atom stereocenters. The summed E-state index contributed by atoms with van der Waals surface area (Å²) in [7, 11) is 0. The number of likely N-dealkylation sites (tertiary alicyclic amines) is 1. The van der Waals surface area contributed by atoms with E-state index in [9.17, 15) is 9.59 Å². The van der Waals surface area contributed by atoms with Gasteiger partial charge in [0.25, 0.3) is 0 Å². The normalized spacial score (nSPS) is 22.9. The van der Waals surface area contributed by atoms with Crippen molar-refractivity contribution in [3.8, 4) is 0 Å². The lowest BCUT2D eigenvalue weighted by Gasteiger charge is -2.41. The van der Waals surface area contributed by atoms with Gasteiger partial charge in [-0.25, -0.2) is 0 Å². The predicted octanol–water partition coefficient (Wildman–Crippen LogP) is 5.71. The lowest BCUT2D eigenvalue weighted by atomic mass is 9.75. The van der Waals surface area contributed by atoms with Crippen LogP contribution in [0.15, 0.2) is 24.3 Å². The standard InChI is InChI=1S/C24H31NO2S/c1-24(2,3)23(27)22-19(18-10-6-7-11-20(18)28-22)14-21(26)25-13-12-16-8-4-5-9-17(16)15-25/h6-7,10-11,16-17H,4-5,8-9,12-15H2,1-3H3/t16-,17+/m0/s1. The van der Waals surface area contributed by atoms with Gasteiger partial charge in [-0.3, -0.25) is 9.59 Å². The highest BCUT2D eigenvalue weighted by Gasteiger charge is 2.34. The summed E-state index contributed by atoms with van der Waals surface area (Å²) in [6.45, 7) is 7.66. The third kappa shape index (κ3) is 3.76. The minimum atomic E-state index is -0.445. The van der Waals surface area contributed by atoms with E-state index in [1.807, 2.05) is 32.9 Å². The molecule has 2 heterocycles. The quantitative estimate of drug-likeness (QED) is 0.622. The first-order valence-corrected chi connectivity index (χ1v) is 11.5. The van der Waals surface area contributed by atoms with Gasteiger partial charge in [0.05, 0.1) is 11.3 Å². The molecule has 0 unspecified atom stereocenters. The highest BCUT2D eigenvalue weighted by Crippen LogP contribution is 2.38. The van der Waals surface area contributed by atoms with Crippen molar-refractivity contribution < 1.29 is 9.59 Å². The third-order valence-electron chi connectivity index (χ3n) is 6.56. The molecule has 1 aromatic heterocycles. The SMILES string of the molecule is CC(C)(C)C(=O)c1sc2ccccc2c1CC(=O)N1CC[C@@H]2CCCC[C@@H]2C1. The topological polar surface area (TPSA) is 37.4 Å². The van der Waals surface area contributed by atoms with E-state index >= 15 is 0 Å². The highest BCUT2D eigenvalue weighted by molar-refractivity contribution is 7.21. The van der Waals surface area contributed by atoms with Crippen molar-refractivity contribution in [3.05, 3.63) is 34.7 Å². The molecule has 1 aromatic carbocycles. The number of Topliss-reactive ketones (excluding diaryl/α,β-unsaturated/α-hetero) is 1. The van der Waals surface area contributed by atoms with Gasteiger partial charge in [-0.1, -0.05) is 58.2 Å². The van der Waals surface area contributed by atoms with E-state index < -0.39 is 5.41 Å². The fraction of sp³-hybridized carbons (Fsp3) is 0.583. The molecular formula is C24H31NO2S. The van der Waals surface area contributed by atoms with Crippen LogP contribution in [0.2, 0.25) is 0 Å². The molecule has 1 saturated heterocycles. The van der Waals surface area contributed by atoms with Crippen molar-refractivity contribution >= 4 is 33.1 Å². The first kappa shape index (κ1) is 19.6. The van der Waals surface area contributed by atoms with E-state index in [4.69, 9.17) is 0 Å². The molecule has 1 saturated carbocycles. The number of carbonyl (C=O) groups excluding carboxylic acids is 2. The maximum Gasteiger partial charge on any atom is 0.227 e. The summed E-state index contributed by atoms with van der Waals surface area (Å²) >= 11 is 1.55. The zero-order valence-corrected chi connectivity index (χ0v) is 18.1. The Balaban J connectivity index is 1.60. The Hall–Kier alpha value is -1.68. The number of hydrogen-bond donors (Lipinski definition) is 0. The number of amides is 1. The zero-order valence-electron chi connectivity index (χ0n) is 17.3. The van der Waals surface area contributed by atoms with E-state index in [1.165, 1.54) is 25.7 Å². The minimum absolute atomic E-state index is 0.141. The molecule has 1 amide bonds. The largest absolute Gasteiger partial charge is 0.342 e. The Labute approximate surface area is 172 Å². The van der Waals surface area contributed by atoms with Crippen LogP contribution in [0.25, 0.3) is 10.1 Å². The van der Waals surface area contributed by atoms with E-state index in [0.29, 0.717) is 12.3 Å². The Morgan fingerprint density at radius 1 is 1.07 bits per heavy atom. The van der Waals surface area contributed by atoms with Gasteiger partial charge < -0.3 is 4.90 Å². The summed E-state index contributed by atoms with van der Waals surface area (Å²) in [5, 5.41) is 1.07. The van der Waals surface area contributed by atoms with Crippen molar-refractivity contribution in [2.45, 2.75) is 59.3 Å². The van der Waals surface area contributed by atoms with Crippen LogP contribution >= 0.6 is 11.3 Å². The summed E-state index contributed by atoms with van der Waals surface area (Å²) < 4.78 is 1.10. The van der Waals surface area contributed by atoms with Gasteiger partial charge in [-0.15, -0.1) is 11.3 Å². The van der Waals surface area contributed by atoms with Crippen LogP contribution in [0.1, 0.15) is 68.1 Å². The van der Waals surface area contributed by atoms with E-state index in [2.05, 4.69) is 17.0 Å². The molecule has 2 fully saturated rings. The average molecular weight is 398 g/mol. The van der Waals surface area contributed by atoms with Crippen molar-refractivity contribution in [1.82, 2.24) is 4.90 Å². The molecule has 1 aliphatic heterocycles. The lowest BCUT2D eigenvalue weighted by molar-refractivity contribution is -0.133. The molecule has 1 aliphatic carbocycles. The minimum Gasteiger partial charge on any atom is -0.342 e. The molecule has 4 heteroatoms. The number of benzene rings is 1. The third-order valence-corrected chi connectivity index (χ3v) is 7.77. The molecule has 0 N–H and O–H groups in total. The van der Waals surface area contributed by atoms with Gasteiger partial charge in [0.15, 0.2) is 5.78 Å². The summed E-state index contributed by atoms with van der Waals surface area (Å²) in [5.41, 5.74) is 0.496. The van der Waals surface area contributed by atoms with Gasteiger partial charge in [-0.05, 0) is 41.7 Å². The lowest BCUT2D eigenvalue weighted by Crippen LogP contribution is -2.45. The van der Waals surface area contributed by atoms with Crippen LogP contribution < -0.4 is 0 Å². The van der Waals surface area contributed by atoms with Crippen LogP contribution in [0.5, 0.6) is 0 Å². The van der Waals surface area contributed by atoms with Crippen molar-refractivity contribution in [2.75, 3.05) is 13.1 Å². The molecule has 28 heavy (non-hydrogen) atoms. The van der Waals surface area contributed by atoms with Crippen LogP contribution in [0.3, 0.4) is 0 Å². The molecule has 0 bridgehead atoms. The zero-order chi connectivity index (χ0) is 19.9. The summed E-state index contributed by atoms with van der Waals surface area (Å²) in [6, 6.07) is 8.12. The van der Waals surface area contributed by atoms with E-state index in [0.717, 1.165) is 46.0 Å². The van der Waals surface area contributed by atoms with Gasteiger partial charge in [-0.2, -0.15) is 0 Å². The molecular weight excluding hydrogens is 366 g/mol. The van der Waals surface area contributed by atoms with Gasteiger partial charge in [0.1, 0.15) is 0 Å². The van der Waals surface area contributed by atoms with Crippen LogP contribution in [0.4, 0.5) is 0 Å². The molecule has 4 rings (SSSR count). The predicted molar refractivity (Wildman–Crippen MR) is 116 cm³/mol. The van der Waals surface area contributed by atoms with Crippen molar-refractivity contribution in [2.24, 2.45) is 17.3 Å². The fourth-order valence-corrected chi connectivity index (χ4v) is 6.26. The summed E-state index contributed by atoms with van der Waals surface area (Å²) in [4.78, 5) is 29.2. The van der Waals surface area contributed by atoms with E-state index in [-0.39, 0.29) is 11.7 Å². The molecule has 2 aliphatic rings. The number of carbonyl (C=O) groups is 2. The smallest absolute Gasteiger partial charge is 0.227 e. The number of thiophene rings is 1. The Morgan fingerprint density at radius 2 is 1.79 bits per heavy atom. The van der Waals surface area contributed by atoms with Crippen molar-refractivity contribution in [3.63, 3.8) is 0 Å².